The zero-order valence-electron chi connectivity index (χ0n) is 17.3. The molecule has 31 heavy (non-hydrogen) atoms. The lowest BCUT2D eigenvalue weighted by Gasteiger charge is -2.22. The lowest BCUT2D eigenvalue weighted by Crippen LogP contribution is -2.27. The van der Waals surface area contributed by atoms with Crippen LogP contribution in [0, 0.1) is 11.3 Å². The Balaban J connectivity index is 1.99. The first-order valence-electron chi connectivity index (χ1n) is 9.84. The Labute approximate surface area is 185 Å². The van der Waals surface area contributed by atoms with Gasteiger partial charge in [-0.3, -0.25) is 0 Å². The SMILES string of the molecule is CCNOS(=O)(=O)CCCN1/C(=C(/C#N)C(=O)OCC)Sc2ccc3ccccc3c21. The van der Waals surface area contributed by atoms with Crippen molar-refractivity contribution in [1.82, 2.24) is 5.48 Å². The molecule has 1 N–H and O–H groups in total. The van der Waals surface area contributed by atoms with Crippen molar-refractivity contribution < 1.29 is 22.2 Å². The molecule has 0 radical (unpaired) electrons. The Hall–Kier alpha value is -2.58. The maximum atomic E-state index is 12.4. The van der Waals surface area contributed by atoms with Gasteiger partial charge in [-0.1, -0.05) is 49.0 Å². The molecule has 0 fully saturated rings. The summed E-state index contributed by atoms with van der Waals surface area (Å²) in [6, 6.07) is 13.7. The second-order valence-electron chi connectivity index (χ2n) is 6.60. The molecule has 1 aliphatic heterocycles. The number of hydrogen-bond donors (Lipinski definition) is 1. The van der Waals surface area contributed by atoms with E-state index < -0.39 is 16.1 Å². The fourth-order valence-corrected chi connectivity index (χ4v) is 5.28. The number of fused-ring (bicyclic) bond motifs is 3. The number of anilines is 1. The van der Waals surface area contributed by atoms with E-state index in [2.05, 4.69) is 5.48 Å². The van der Waals surface area contributed by atoms with Crippen molar-refractivity contribution >= 4 is 44.3 Å². The molecular formula is C21H23N3O5S2. The molecule has 0 saturated heterocycles. The summed E-state index contributed by atoms with van der Waals surface area (Å²) in [6.07, 6.45) is 0.238. The van der Waals surface area contributed by atoms with E-state index in [0.29, 0.717) is 11.6 Å². The fourth-order valence-electron chi connectivity index (χ4n) is 3.23. The molecule has 0 unspecified atom stereocenters. The smallest absolute Gasteiger partial charge is 0.351 e. The molecule has 2 aromatic rings. The largest absolute Gasteiger partial charge is 0.462 e. The highest BCUT2D eigenvalue weighted by Gasteiger charge is 2.32. The van der Waals surface area contributed by atoms with Crippen molar-refractivity contribution in [3.05, 3.63) is 47.0 Å². The highest BCUT2D eigenvalue weighted by Crippen LogP contribution is 2.50. The van der Waals surface area contributed by atoms with E-state index >= 15 is 0 Å². The maximum absolute atomic E-state index is 12.4. The van der Waals surface area contributed by atoms with Gasteiger partial charge in [-0.15, -0.1) is 0 Å². The fraction of sp³-hybridized carbons (Fsp3) is 0.333. The van der Waals surface area contributed by atoms with E-state index in [1.807, 2.05) is 47.4 Å². The summed E-state index contributed by atoms with van der Waals surface area (Å²) in [6.45, 7) is 4.20. The number of thioether (sulfide) groups is 1. The summed E-state index contributed by atoms with van der Waals surface area (Å²) in [5, 5.41) is 12.1. The van der Waals surface area contributed by atoms with Gasteiger partial charge < -0.3 is 9.64 Å². The molecule has 2 aromatic carbocycles. The molecule has 0 aliphatic carbocycles. The number of nitrogens with one attached hydrogen (secondary N) is 1. The molecule has 1 heterocycles. The van der Waals surface area contributed by atoms with Crippen LogP contribution >= 0.6 is 11.8 Å². The van der Waals surface area contributed by atoms with Crippen LogP contribution in [-0.4, -0.2) is 39.8 Å². The second-order valence-corrected chi connectivity index (χ2v) is 9.32. The third-order valence-corrected chi connectivity index (χ3v) is 6.82. The standard InChI is InChI=1S/C21H23N3O5S2/c1-3-23-29-31(26,27)13-7-12-24-19-16-9-6-5-8-15(16)10-11-18(19)30-20(24)17(14-22)21(25)28-4-2/h5-6,8-11,23H,3-4,7,12-13H2,1-2H3/b20-17+. The highest BCUT2D eigenvalue weighted by atomic mass is 32.2. The van der Waals surface area contributed by atoms with Crippen molar-refractivity contribution in [2.24, 2.45) is 0 Å². The summed E-state index contributed by atoms with van der Waals surface area (Å²) >= 11 is 1.31. The van der Waals surface area contributed by atoms with Crippen molar-refractivity contribution in [3.63, 3.8) is 0 Å². The Bertz CT molecular complexity index is 1160. The summed E-state index contributed by atoms with van der Waals surface area (Å²) in [7, 11) is -3.74. The van der Waals surface area contributed by atoms with Crippen molar-refractivity contribution in [1.29, 1.82) is 5.26 Å². The van der Waals surface area contributed by atoms with E-state index in [-0.39, 0.29) is 30.9 Å². The number of carbonyl (C=O) groups is 1. The Morgan fingerprint density at radius 3 is 2.71 bits per heavy atom. The van der Waals surface area contributed by atoms with Crippen molar-refractivity contribution in [2.75, 3.05) is 30.3 Å². The highest BCUT2D eigenvalue weighted by molar-refractivity contribution is 8.03. The van der Waals surface area contributed by atoms with E-state index in [1.54, 1.807) is 13.8 Å². The molecule has 0 spiro atoms. The maximum Gasteiger partial charge on any atom is 0.351 e. The van der Waals surface area contributed by atoms with Crippen LogP contribution in [-0.2, 0) is 23.9 Å². The van der Waals surface area contributed by atoms with Crippen LogP contribution in [0.4, 0.5) is 5.69 Å². The lowest BCUT2D eigenvalue weighted by molar-refractivity contribution is -0.138. The van der Waals surface area contributed by atoms with Crippen LogP contribution in [0.2, 0.25) is 0 Å². The molecular weight excluding hydrogens is 438 g/mol. The quantitative estimate of drug-likeness (QED) is 0.260. The van der Waals surface area contributed by atoms with Crippen LogP contribution in [0.25, 0.3) is 10.8 Å². The number of hydroxylamine groups is 1. The van der Waals surface area contributed by atoms with Gasteiger partial charge in [0.15, 0.2) is 5.57 Å². The molecule has 0 aromatic heterocycles. The van der Waals surface area contributed by atoms with Crippen molar-refractivity contribution in [2.45, 2.75) is 25.2 Å². The van der Waals surface area contributed by atoms with Gasteiger partial charge in [0.1, 0.15) is 11.1 Å². The van der Waals surface area contributed by atoms with Gasteiger partial charge in [0, 0.05) is 23.4 Å². The van der Waals surface area contributed by atoms with E-state index in [9.17, 15) is 18.5 Å². The minimum atomic E-state index is -3.74. The zero-order chi connectivity index (χ0) is 22.4. The average Bonchev–Trinajstić information content (AvgIpc) is 3.11. The number of esters is 1. The van der Waals surface area contributed by atoms with Crippen LogP contribution in [0.1, 0.15) is 20.3 Å². The first-order valence-corrected chi connectivity index (χ1v) is 12.2. The number of hydrogen-bond acceptors (Lipinski definition) is 9. The molecule has 8 nitrogen and oxygen atoms in total. The number of nitriles is 1. The number of ether oxygens (including phenoxy) is 1. The Morgan fingerprint density at radius 1 is 1.23 bits per heavy atom. The predicted molar refractivity (Wildman–Crippen MR) is 120 cm³/mol. The molecule has 3 rings (SSSR count). The minimum Gasteiger partial charge on any atom is -0.462 e. The van der Waals surface area contributed by atoms with Gasteiger partial charge in [0.05, 0.1) is 18.0 Å². The van der Waals surface area contributed by atoms with Crippen LogP contribution in [0.5, 0.6) is 0 Å². The molecule has 1 aliphatic rings. The molecule has 0 saturated carbocycles. The Morgan fingerprint density at radius 2 is 2.00 bits per heavy atom. The topological polar surface area (TPSA) is 109 Å². The minimum absolute atomic E-state index is 0.0983. The van der Waals surface area contributed by atoms with Crippen LogP contribution in [0.15, 0.2) is 51.9 Å². The first kappa shape index (κ1) is 23.1. The molecule has 0 atom stereocenters. The zero-order valence-corrected chi connectivity index (χ0v) is 18.9. The van der Waals surface area contributed by atoms with Gasteiger partial charge in [0.2, 0.25) is 0 Å². The van der Waals surface area contributed by atoms with E-state index in [4.69, 9.17) is 9.02 Å². The van der Waals surface area contributed by atoms with Gasteiger partial charge >= 0.3 is 5.97 Å². The number of rotatable bonds is 9. The average molecular weight is 462 g/mol. The summed E-state index contributed by atoms with van der Waals surface area (Å²) in [4.78, 5) is 15.1. The molecule has 0 bridgehead atoms. The normalized spacial score (nSPS) is 14.9. The second kappa shape index (κ2) is 10.2. The van der Waals surface area contributed by atoms with Crippen LogP contribution in [0.3, 0.4) is 0 Å². The monoisotopic (exact) mass is 461 g/mol. The number of benzene rings is 2. The van der Waals surface area contributed by atoms with Gasteiger partial charge in [-0.2, -0.15) is 23.4 Å². The van der Waals surface area contributed by atoms with Gasteiger partial charge in [-0.25, -0.2) is 4.79 Å². The van der Waals surface area contributed by atoms with E-state index in [0.717, 1.165) is 21.4 Å². The predicted octanol–water partition coefficient (Wildman–Crippen LogP) is 3.31. The summed E-state index contributed by atoms with van der Waals surface area (Å²) < 4.78 is 33.8. The number of carbonyl (C=O) groups excluding carboxylic acids is 1. The molecule has 10 heteroatoms. The molecule has 0 amide bonds. The first-order chi connectivity index (χ1) is 14.9. The summed E-state index contributed by atoms with van der Waals surface area (Å²) in [5.74, 6) is -0.909. The molecule has 164 valence electrons. The van der Waals surface area contributed by atoms with Crippen LogP contribution < -0.4 is 10.4 Å². The number of nitrogens with zero attached hydrogens (tertiary/aromatic N) is 2. The van der Waals surface area contributed by atoms with Crippen molar-refractivity contribution in [3.8, 4) is 6.07 Å². The third kappa shape index (κ3) is 5.19. The van der Waals surface area contributed by atoms with Gasteiger partial charge in [-0.05, 0) is 24.8 Å². The Kier molecular flexibility index (Phi) is 7.56. The third-order valence-electron chi connectivity index (χ3n) is 4.50. The van der Waals surface area contributed by atoms with Gasteiger partial charge in [0.25, 0.3) is 10.1 Å². The van der Waals surface area contributed by atoms with E-state index in [1.165, 1.54) is 11.8 Å². The summed E-state index contributed by atoms with van der Waals surface area (Å²) in [5.41, 5.74) is 3.10. The lowest BCUT2D eigenvalue weighted by atomic mass is 10.1.